The molecule has 1 aliphatic rings. The number of hydrogen-bond donors (Lipinski definition) is 1. The molecule has 3 aromatic carbocycles. The summed E-state index contributed by atoms with van der Waals surface area (Å²) in [6.45, 7) is 3.24. The van der Waals surface area contributed by atoms with Crippen molar-refractivity contribution in [3.8, 4) is 5.75 Å². The molecule has 1 N–H and O–H groups in total. The summed E-state index contributed by atoms with van der Waals surface area (Å²) < 4.78 is 34.1. The Bertz CT molecular complexity index is 1420. The van der Waals surface area contributed by atoms with Crippen molar-refractivity contribution >= 4 is 27.5 Å². The third-order valence-corrected chi connectivity index (χ3v) is 9.32. The van der Waals surface area contributed by atoms with Crippen LogP contribution in [0.4, 0.5) is 5.69 Å². The number of ether oxygens (including phenoxy) is 1. The number of methoxy groups -OCH3 is 1. The second-order valence-electron chi connectivity index (χ2n) is 10.6. The highest BCUT2D eigenvalue weighted by molar-refractivity contribution is 7.92. The van der Waals surface area contributed by atoms with Gasteiger partial charge in [0.25, 0.3) is 10.0 Å². The molecule has 0 saturated heterocycles. The molecule has 0 aromatic heterocycles. The first kappa shape index (κ1) is 30.1. The summed E-state index contributed by atoms with van der Waals surface area (Å²) in [5.74, 6) is -0.0470. The van der Waals surface area contributed by atoms with Crippen molar-refractivity contribution in [2.24, 2.45) is 0 Å². The van der Waals surface area contributed by atoms with E-state index in [2.05, 4.69) is 5.32 Å². The number of benzene rings is 3. The van der Waals surface area contributed by atoms with Gasteiger partial charge in [-0.1, -0.05) is 61.7 Å². The van der Waals surface area contributed by atoms with Gasteiger partial charge in [0.2, 0.25) is 11.8 Å². The summed E-state index contributed by atoms with van der Waals surface area (Å²) >= 11 is 0. The summed E-state index contributed by atoms with van der Waals surface area (Å²) in [4.78, 5) is 29.0. The lowest BCUT2D eigenvalue weighted by atomic mass is 9.95. The van der Waals surface area contributed by atoms with Crippen molar-refractivity contribution in [2.45, 2.75) is 69.5 Å². The minimum atomic E-state index is -4.08. The SMILES string of the molecule is COc1ccc(CN(C(=O)CN(c2cccc(C)c2)S(=O)(=O)c2ccccc2)[C@H](C)C(=O)NC2CCCCC2)cc1. The summed E-state index contributed by atoms with van der Waals surface area (Å²) in [5, 5.41) is 3.12. The molecule has 1 saturated carbocycles. The van der Waals surface area contributed by atoms with Crippen LogP contribution < -0.4 is 14.4 Å². The smallest absolute Gasteiger partial charge is 0.264 e. The Labute approximate surface area is 243 Å². The number of nitrogens with one attached hydrogen (secondary N) is 1. The van der Waals surface area contributed by atoms with E-state index >= 15 is 0 Å². The third kappa shape index (κ3) is 7.67. The third-order valence-electron chi connectivity index (χ3n) is 7.53. The molecule has 1 atom stereocenters. The Kier molecular flexibility index (Phi) is 10.0. The molecule has 0 spiro atoms. The molecule has 0 bridgehead atoms. The lowest BCUT2D eigenvalue weighted by molar-refractivity contribution is -0.139. The molecule has 2 amide bonds. The van der Waals surface area contributed by atoms with Crippen molar-refractivity contribution in [1.29, 1.82) is 0 Å². The van der Waals surface area contributed by atoms with Crippen LogP contribution in [0.15, 0.2) is 83.8 Å². The number of nitrogens with zero attached hydrogens (tertiary/aromatic N) is 2. The van der Waals surface area contributed by atoms with Crippen LogP contribution in [-0.2, 0) is 26.2 Å². The largest absolute Gasteiger partial charge is 0.497 e. The molecule has 4 rings (SSSR count). The quantitative estimate of drug-likeness (QED) is 0.344. The molecule has 8 nitrogen and oxygen atoms in total. The van der Waals surface area contributed by atoms with Crippen LogP contribution >= 0.6 is 0 Å². The van der Waals surface area contributed by atoms with Crippen LogP contribution in [0.1, 0.15) is 50.2 Å². The fourth-order valence-corrected chi connectivity index (χ4v) is 6.54. The number of amides is 2. The lowest BCUT2D eigenvalue weighted by Crippen LogP contribution is -2.53. The Morgan fingerprint density at radius 2 is 1.63 bits per heavy atom. The molecule has 1 aliphatic carbocycles. The van der Waals surface area contributed by atoms with Crippen LogP contribution in [0.2, 0.25) is 0 Å². The van der Waals surface area contributed by atoms with E-state index in [4.69, 9.17) is 4.74 Å². The van der Waals surface area contributed by atoms with Gasteiger partial charge < -0.3 is 15.0 Å². The van der Waals surface area contributed by atoms with Crippen molar-refractivity contribution in [3.63, 3.8) is 0 Å². The summed E-state index contributed by atoms with van der Waals surface area (Å²) in [6, 6.07) is 21.6. The van der Waals surface area contributed by atoms with Gasteiger partial charge in [0.05, 0.1) is 17.7 Å². The molecule has 3 aromatic rings. The minimum absolute atomic E-state index is 0.0823. The van der Waals surface area contributed by atoms with Gasteiger partial charge in [-0.3, -0.25) is 13.9 Å². The van der Waals surface area contributed by atoms with Gasteiger partial charge in [-0.15, -0.1) is 0 Å². The standard InChI is InChI=1S/C32H39N3O5S/c1-24-11-10-14-28(21-24)35(41(38,39)30-15-8-5-9-16-30)23-31(36)34(22-26-17-19-29(40-3)20-18-26)25(2)32(37)33-27-12-6-4-7-13-27/h5,8-11,14-21,25,27H,4,6-7,12-13,22-23H2,1-3H3,(H,33,37)/t25-/m1/s1. The predicted molar refractivity (Wildman–Crippen MR) is 160 cm³/mol. The second-order valence-corrected chi connectivity index (χ2v) is 12.4. The molecule has 9 heteroatoms. The van der Waals surface area contributed by atoms with Crippen molar-refractivity contribution in [1.82, 2.24) is 10.2 Å². The maximum absolute atomic E-state index is 14.1. The number of anilines is 1. The first-order chi connectivity index (χ1) is 19.7. The van der Waals surface area contributed by atoms with E-state index in [-0.39, 0.29) is 23.4 Å². The molecule has 0 unspecified atom stereocenters. The van der Waals surface area contributed by atoms with Gasteiger partial charge in [0.1, 0.15) is 18.3 Å². The molecular formula is C32H39N3O5S. The number of hydrogen-bond acceptors (Lipinski definition) is 5. The van der Waals surface area contributed by atoms with Gasteiger partial charge in [-0.2, -0.15) is 0 Å². The Balaban J connectivity index is 1.66. The highest BCUT2D eigenvalue weighted by Crippen LogP contribution is 2.26. The fraction of sp³-hybridized carbons (Fsp3) is 0.375. The van der Waals surface area contributed by atoms with Gasteiger partial charge in [-0.05, 0) is 74.2 Å². The van der Waals surface area contributed by atoms with Crippen LogP contribution in [0.25, 0.3) is 0 Å². The van der Waals surface area contributed by atoms with Crippen molar-refractivity contribution in [3.05, 3.63) is 90.0 Å². The Hall–Kier alpha value is -3.85. The van der Waals surface area contributed by atoms with E-state index in [0.29, 0.717) is 11.4 Å². The van der Waals surface area contributed by atoms with Crippen molar-refractivity contribution in [2.75, 3.05) is 18.0 Å². The zero-order valence-corrected chi connectivity index (χ0v) is 24.8. The molecule has 0 heterocycles. The zero-order chi connectivity index (χ0) is 29.4. The van der Waals surface area contributed by atoms with E-state index in [1.165, 1.54) is 17.0 Å². The van der Waals surface area contributed by atoms with E-state index in [0.717, 1.165) is 47.5 Å². The average molecular weight is 578 g/mol. The van der Waals surface area contributed by atoms with Crippen LogP contribution in [0.5, 0.6) is 5.75 Å². The summed E-state index contributed by atoms with van der Waals surface area (Å²) in [7, 11) is -2.50. The maximum Gasteiger partial charge on any atom is 0.264 e. The van der Waals surface area contributed by atoms with Gasteiger partial charge in [-0.25, -0.2) is 8.42 Å². The van der Waals surface area contributed by atoms with Crippen LogP contribution in [0, 0.1) is 6.92 Å². The first-order valence-electron chi connectivity index (χ1n) is 14.1. The Morgan fingerprint density at radius 3 is 2.27 bits per heavy atom. The van der Waals surface area contributed by atoms with Crippen molar-refractivity contribution < 1.29 is 22.7 Å². The number of carbonyl (C=O) groups is 2. The number of rotatable bonds is 11. The average Bonchev–Trinajstić information content (AvgIpc) is 2.99. The molecule has 41 heavy (non-hydrogen) atoms. The predicted octanol–water partition coefficient (Wildman–Crippen LogP) is 5.07. The van der Waals surface area contributed by atoms with E-state index in [9.17, 15) is 18.0 Å². The van der Waals surface area contributed by atoms with Crippen LogP contribution in [0.3, 0.4) is 0 Å². The minimum Gasteiger partial charge on any atom is -0.497 e. The molecule has 0 radical (unpaired) electrons. The molecule has 218 valence electrons. The Morgan fingerprint density at radius 1 is 0.951 bits per heavy atom. The first-order valence-corrected chi connectivity index (χ1v) is 15.5. The molecule has 1 fully saturated rings. The maximum atomic E-state index is 14.1. The fourth-order valence-electron chi connectivity index (χ4n) is 5.11. The van der Waals surface area contributed by atoms with Gasteiger partial charge in [0, 0.05) is 12.6 Å². The van der Waals surface area contributed by atoms with E-state index in [1.54, 1.807) is 62.6 Å². The topological polar surface area (TPSA) is 96.0 Å². The summed E-state index contributed by atoms with van der Waals surface area (Å²) in [5.41, 5.74) is 2.04. The normalized spacial score (nSPS) is 14.6. The second kappa shape index (κ2) is 13.7. The lowest BCUT2D eigenvalue weighted by Gasteiger charge is -2.33. The van der Waals surface area contributed by atoms with Crippen LogP contribution in [-0.4, -0.2) is 50.9 Å². The highest BCUT2D eigenvalue weighted by atomic mass is 32.2. The molecule has 0 aliphatic heterocycles. The number of sulfonamides is 1. The number of carbonyl (C=O) groups excluding carboxylic acids is 2. The monoisotopic (exact) mass is 577 g/mol. The highest BCUT2D eigenvalue weighted by Gasteiger charge is 2.33. The zero-order valence-electron chi connectivity index (χ0n) is 24.0. The van der Waals surface area contributed by atoms with Gasteiger partial charge in [0.15, 0.2) is 0 Å². The summed E-state index contributed by atoms with van der Waals surface area (Å²) in [6.07, 6.45) is 5.13. The van der Waals surface area contributed by atoms with E-state index < -0.39 is 28.5 Å². The van der Waals surface area contributed by atoms with Gasteiger partial charge >= 0.3 is 0 Å². The molecular weight excluding hydrogens is 538 g/mol. The number of aryl methyl sites for hydroxylation is 1. The van der Waals surface area contributed by atoms with E-state index in [1.807, 2.05) is 25.1 Å².